The zero-order chi connectivity index (χ0) is 14.8. The van der Waals surface area contributed by atoms with Gasteiger partial charge in [-0.2, -0.15) is 10.1 Å². The van der Waals surface area contributed by atoms with Gasteiger partial charge in [0.05, 0.1) is 12.2 Å². The first-order valence-corrected chi connectivity index (χ1v) is 7.71. The largest absolute Gasteiger partial charge is 0.332 e. The van der Waals surface area contributed by atoms with Crippen molar-refractivity contribution in [3.05, 3.63) is 17.6 Å². The maximum atomic E-state index is 5.38. The Morgan fingerprint density at radius 2 is 2.10 bits per heavy atom. The van der Waals surface area contributed by atoms with Gasteiger partial charge in [-0.05, 0) is 44.8 Å². The highest BCUT2D eigenvalue weighted by molar-refractivity contribution is 5.47. The van der Waals surface area contributed by atoms with Crippen molar-refractivity contribution in [3.8, 4) is 11.6 Å². The summed E-state index contributed by atoms with van der Waals surface area (Å²) < 4.78 is 7.16. The molecule has 0 atom stereocenters. The van der Waals surface area contributed by atoms with Gasteiger partial charge in [-0.3, -0.25) is 9.58 Å². The van der Waals surface area contributed by atoms with E-state index in [-0.39, 0.29) is 0 Å². The van der Waals surface area contributed by atoms with E-state index in [0.717, 1.165) is 42.8 Å². The van der Waals surface area contributed by atoms with Crippen LogP contribution in [0.3, 0.4) is 0 Å². The third-order valence-electron chi connectivity index (χ3n) is 4.34. The van der Waals surface area contributed by atoms with E-state index in [0.29, 0.717) is 5.89 Å². The van der Waals surface area contributed by atoms with Crippen LogP contribution in [-0.4, -0.2) is 37.9 Å². The number of likely N-dealkylation sites (tertiary alicyclic amines) is 1. The molecule has 1 aliphatic rings. The van der Waals surface area contributed by atoms with Crippen molar-refractivity contribution >= 4 is 0 Å². The fourth-order valence-electron chi connectivity index (χ4n) is 2.99. The van der Waals surface area contributed by atoms with Crippen LogP contribution in [0.25, 0.3) is 11.6 Å². The number of aromatic nitrogens is 4. The lowest BCUT2D eigenvalue weighted by Crippen LogP contribution is -2.33. The van der Waals surface area contributed by atoms with E-state index in [1.807, 2.05) is 20.0 Å². The number of hydrogen-bond acceptors (Lipinski definition) is 5. The van der Waals surface area contributed by atoms with Gasteiger partial charge in [0.15, 0.2) is 5.82 Å². The standard InChI is InChI=1S/C15H23N5O/c1-4-12-5-7-20(8-6-12)10-14-16-15(21-18-14)13-9-11(2)17-19(13)3/h9,12H,4-8,10H2,1-3H3. The van der Waals surface area contributed by atoms with E-state index >= 15 is 0 Å². The first-order valence-electron chi connectivity index (χ1n) is 7.71. The highest BCUT2D eigenvalue weighted by Gasteiger charge is 2.20. The van der Waals surface area contributed by atoms with Gasteiger partial charge >= 0.3 is 0 Å². The van der Waals surface area contributed by atoms with Gasteiger partial charge in [0.2, 0.25) is 0 Å². The molecular formula is C15H23N5O. The number of rotatable bonds is 4. The van der Waals surface area contributed by atoms with Crippen LogP contribution >= 0.6 is 0 Å². The average molecular weight is 289 g/mol. The van der Waals surface area contributed by atoms with Crippen molar-refractivity contribution in [1.82, 2.24) is 24.8 Å². The first-order chi connectivity index (χ1) is 10.2. The summed E-state index contributed by atoms with van der Waals surface area (Å²) >= 11 is 0. The van der Waals surface area contributed by atoms with Crippen molar-refractivity contribution in [2.45, 2.75) is 39.7 Å². The van der Waals surface area contributed by atoms with E-state index in [9.17, 15) is 0 Å². The SMILES string of the molecule is CCC1CCN(Cc2noc(-c3cc(C)nn3C)n2)CC1. The lowest BCUT2D eigenvalue weighted by atomic mass is 9.94. The molecule has 6 heteroatoms. The Kier molecular flexibility index (Phi) is 4.05. The Labute approximate surface area is 125 Å². The lowest BCUT2D eigenvalue weighted by Gasteiger charge is -2.30. The molecule has 3 rings (SSSR count). The fraction of sp³-hybridized carbons (Fsp3) is 0.667. The molecule has 1 saturated heterocycles. The molecule has 21 heavy (non-hydrogen) atoms. The second kappa shape index (κ2) is 5.97. The van der Waals surface area contributed by atoms with Crippen LogP contribution in [0, 0.1) is 12.8 Å². The van der Waals surface area contributed by atoms with Gasteiger partial charge < -0.3 is 4.52 Å². The summed E-state index contributed by atoms with van der Waals surface area (Å²) in [6.07, 6.45) is 3.85. The Morgan fingerprint density at radius 3 is 2.71 bits per heavy atom. The lowest BCUT2D eigenvalue weighted by molar-refractivity contribution is 0.170. The van der Waals surface area contributed by atoms with E-state index in [4.69, 9.17) is 4.52 Å². The second-order valence-corrected chi connectivity index (χ2v) is 5.94. The minimum absolute atomic E-state index is 0.552. The van der Waals surface area contributed by atoms with E-state index in [2.05, 4.69) is 27.1 Å². The molecule has 0 bridgehead atoms. The monoisotopic (exact) mass is 289 g/mol. The minimum atomic E-state index is 0.552. The van der Waals surface area contributed by atoms with Gasteiger partial charge in [-0.15, -0.1) is 0 Å². The Morgan fingerprint density at radius 1 is 1.33 bits per heavy atom. The number of aryl methyl sites for hydroxylation is 2. The smallest absolute Gasteiger partial charge is 0.276 e. The average Bonchev–Trinajstić information content (AvgIpc) is 3.06. The molecule has 0 N–H and O–H groups in total. The van der Waals surface area contributed by atoms with Gasteiger partial charge in [-0.1, -0.05) is 18.5 Å². The second-order valence-electron chi connectivity index (χ2n) is 5.94. The van der Waals surface area contributed by atoms with Crippen molar-refractivity contribution < 1.29 is 4.52 Å². The minimum Gasteiger partial charge on any atom is -0.332 e. The van der Waals surface area contributed by atoms with Crippen LogP contribution in [0.4, 0.5) is 0 Å². The topological polar surface area (TPSA) is 60.0 Å². The molecule has 6 nitrogen and oxygen atoms in total. The van der Waals surface area contributed by atoms with Crippen LogP contribution in [-0.2, 0) is 13.6 Å². The molecule has 2 aromatic rings. The van der Waals surface area contributed by atoms with Crippen molar-refractivity contribution in [2.75, 3.05) is 13.1 Å². The molecule has 0 radical (unpaired) electrons. The summed E-state index contributed by atoms with van der Waals surface area (Å²) in [6, 6.07) is 1.96. The molecule has 0 aromatic carbocycles. The molecule has 1 fully saturated rings. The molecule has 3 heterocycles. The number of nitrogens with zero attached hydrogens (tertiary/aromatic N) is 5. The summed E-state index contributed by atoms with van der Waals surface area (Å²) in [5.41, 5.74) is 1.82. The van der Waals surface area contributed by atoms with E-state index < -0.39 is 0 Å². The zero-order valence-corrected chi connectivity index (χ0v) is 13.0. The molecule has 114 valence electrons. The normalized spacial score (nSPS) is 17.5. The maximum Gasteiger partial charge on any atom is 0.276 e. The first kappa shape index (κ1) is 14.3. The molecular weight excluding hydrogens is 266 g/mol. The molecule has 0 spiro atoms. The number of hydrogen-bond donors (Lipinski definition) is 0. The van der Waals surface area contributed by atoms with Gasteiger partial charge in [0.1, 0.15) is 5.69 Å². The number of piperidine rings is 1. The van der Waals surface area contributed by atoms with E-state index in [1.165, 1.54) is 19.3 Å². The van der Waals surface area contributed by atoms with E-state index in [1.54, 1.807) is 4.68 Å². The molecule has 1 aliphatic heterocycles. The van der Waals surface area contributed by atoms with Crippen LogP contribution in [0.2, 0.25) is 0 Å². The highest BCUT2D eigenvalue weighted by Crippen LogP contribution is 2.22. The maximum absolute atomic E-state index is 5.38. The third-order valence-corrected chi connectivity index (χ3v) is 4.34. The predicted molar refractivity (Wildman–Crippen MR) is 79.5 cm³/mol. The summed E-state index contributed by atoms with van der Waals surface area (Å²) in [4.78, 5) is 6.92. The highest BCUT2D eigenvalue weighted by atomic mass is 16.5. The van der Waals surface area contributed by atoms with Gasteiger partial charge in [-0.25, -0.2) is 0 Å². The van der Waals surface area contributed by atoms with Gasteiger partial charge in [0, 0.05) is 7.05 Å². The van der Waals surface area contributed by atoms with Crippen LogP contribution < -0.4 is 0 Å². The summed E-state index contributed by atoms with van der Waals surface area (Å²) in [5, 5.41) is 8.42. The third kappa shape index (κ3) is 3.15. The molecule has 0 saturated carbocycles. The predicted octanol–water partition coefficient (Wildman–Crippen LogP) is 2.40. The fourth-order valence-corrected chi connectivity index (χ4v) is 2.99. The molecule has 0 aliphatic carbocycles. The quantitative estimate of drug-likeness (QED) is 0.865. The van der Waals surface area contributed by atoms with Crippen molar-refractivity contribution in [1.29, 1.82) is 0 Å². The Balaban J connectivity index is 1.64. The zero-order valence-electron chi connectivity index (χ0n) is 13.0. The molecule has 0 unspecified atom stereocenters. The summed E-state index contributed by atoms with van der Waals surface area (Å²) in [5.74, 6) is 2.20. The van der Waals surface area contributed by atoms with Gasteiger partial charge in [0.25, 0.3) is 5.89 Å². The van der Waals surface area contributed by atoms with Crippen molar-refractivity contribution in [3.63, 3.8) is 0 Å². The molecule has 2 aromatic heterocycles. The van der Waals surface area contributed by atoms with Crippen LogP contribution in [0.15, 0.2) is 10.6 Å². The Hall–Kier alpha value is -1.69. The summed E-state index contributed by atoms with van der Waals surface area (Å²) in [7, 11) is 1.89. The molecule has 0 amide bonds. The van der Waals surface area contributed by atoms with Crippen LogP contribution in [0.1, 0.15) is 37.7 Å². The van der Waals surface area contributed by atoms with Crippen molar-refractivity contribution in [2.24, 2.45) is 13.0 Å². The summed E-state index contributed by atoms with van der Waals surface area (Å²) in [6.45, 7) is 7.28. The Bertz CT molecular complexity index is 595. The van der Waals surface area contributed by atoms with Crippen LogP contribution in [0.5, 0.6) is 0 Å².